The summed E-state index contributed by atoms with van der Waals surface area (Å²) in [5, 5.41) is -0.892. The van der Waals surface area contributed by atoms with Gasteiger partial charge in [-0.25, -0.2) is 0 Å². The van der Waals surface area contributed by atoms with Gasteiger partial charge in [-0.05, 0) is 60.0 Å². The van der Waals surface area contributed by atoms with E-state index in [1.807, 2.05) is 0 Å². The zero-order valence-corrected chi connectivity index (χ0v) is 22.8. The van der Waals surface area contributed by atoms with Gasteiger partial charge in [0, 0.05) is 38.2 Å². The van der Waals surface area contributed by atoms with Crippen LogP contribution in [0.2, 0.25) is 0 Å². The van der Waals surface area contributed by atoms with Gasteiger partial charge in [-0.3, -0.25) is 0 Å². The van der Waals surface area contributed by atoms with Gasteiger partial charge in [0.25, 0.3) is 0 Å². The molecule has 3 nitrogen and oxygen atoms in total. The number of aromatic nitrogens is 2. The minimum absolute atomic E-state index is 0.0804. The summed E-state index contributed by atoms with van der Waals surface area (Å²) in [7, 11) is 0. The molecule has 10 rings (SSSR count). The average molecular weight is 595 g/mol. The lowest BCUT2D eigenvalue weighted by Crippen LogP contribution is -1.99. The summed E-state index contributed by atoms with van der Waals surface area (Å²) < 4.78 is 188. The second-order valence-corrected chi connectivity index (χ2v) is 10.2. The second kappa shape index (κ2) is 9.22. The number of benzene rings is 7. The maximum Gasteiger partial charge on any atom is 0.137 e. The lowest BCUT2D eigenvalue weighted by atomic mass is 9.99. The summed E-state index contributed by atoms with van der Waals surface area (Å²) in [6.07, 6.45) is 0. The Morgan fingerprint density at radius 2 is 1.07 bits per heavy atom. The van der Waals surface area contributed by atoms with Gasteiger partial charge in [-0.2, -0.15) is 0 Å². The summed E-state index contributed by atoms with van der Waals surface area (Å²) in [6, 6.07) is -4.95. The Kier molecular flexibility index (Phi) is 2.49. The van der Waals surface area contributed by atoms with Gasteiger partial charge < -0.3 is 13.6 Å². The lowest BCUT2D eigenvalue weighted by molar-refractivity contribution is 0.669. The van der Waals surface area contributed by atoms with E-state index >= 15 is 0 Å². The van der Waals surface area contributed by atoms with E-state index in [4.69, 9.17) is 25.0 Å². The van der Waals surface area contributed by atoms with Crippen LogP contribution in [0.1, 0.15) is 27.4 Å². The Morgan fingerprint density at radius 3 is 1.80 bits per heavy atom. The zero-order chi connectivity index (χ0) is 46.9. The summed E-state index contributed by atoms with van der Waals surface area (Å²) in [4.78, 5) is 0. The molecule has 210 valence electrons. The fourth-order valence-electron chi connectivity index (χ4n) is 6.10. The first-order chi connectivity index (χ1) is 30.7. The van der Waals surface area contributed by atoms with Crippen LogP contribution >= 0.6 is 0 Å². The van der Waals surface area contributed by atoms with E-state index in [0.29, 0.717) is 11.0 Å². The summed E-state index contributed by atoms with van der Waals surface area (Å²) >= 11 is 0. The van der Waals surface area contributed by atoms with Crippen LogP contribution in [0.3, 0.4) is 0 Å². The van der Waals surface area contributed by atoms with E-state index in [2.05, 4.69) is 0 Å². The van der Waals surface area contributed by atoms with Crippen molar-refractivity contribution in [3.8, 4) is 22.5 Å². The molecule has 10 aromatic rings. The van der Waals surface area contributed by atoms with Crippen LogP contribution in [-0.2, 0) is 0 Å². The van der Waals surface area contributed by atoms with E-state index in [-0.39, 0.29) is 55.0 Å². The van der Waals surface area contributed by atoms with E-state index in [0.717, 1.165) is 4.57 Å². The lowest BCUT2D eigenvalue weighted by Gasteiger charge is -2.16. The first-order valence-electron chi connectivity index (χ1n) is 23.7. The molecule has 7 aromatic carbocycles. The number of nitrogens with zero attached hydrogens (tertiary/aromatic N) is 2. The molecule has 3 heterocycles. The molecule has 0 spiro atoms. The Labute approximate surface area is 286 Å². The van der Waals surface area contributed by atoms with Crippen molar-refractivity contribution < 1.29 is 31.8 Å². The highest BCUT2D eigenvalue weighted by Gasteiger charge is 2.22. The summed E-state index contributed by atoms with van der Waals surface area (Å²) in [5.41, 5.74) is -2.30. The molecule has 45 heavy (non-hydrogen) atoms. The predicted octanol–water partition coefficient (Wildman–Crippen LogP) is 11.4. The van der Waals surface area contributed by atoms with E-state index < -0.39 is 143 Å². The van der Waals surface area contributed by atoms with E-state index in [1.165, 1.54) is 16.7 Å². The quantitative estimate of drug-likeness (QED) is 0.199. The van der Waals surface area contributed by atoms with Crippen molar-refractivity contribution in [2.45, 2.75) is 0 Å². The monoisotopic (exact) mass is 594 g/mol. The van der Waals surface area contributed by atoms with Gasteiger partial charge in [0.1, 0.15) is 11.2 Å². The molecule has 0 aliphatic rings. The molecule has 0 atom stereocenters. The van der Waals surface area contributed by atoms with Gasteiger partial charge in [-0.15, -0.1) is 0 Å². The van der Waals surface area contributed by atoms with Crippen molar-refractivity contribution in [1.82, 2.24) is 9.13 Å². The van der Waals surface area contributed by atoms with Gasteiger partial charge in [-0.1, -0.05) is 103 Å². The highest BCUT2D eigenvalue weighted by atomic mass is 16.3. The molecule has 0 radical (unpaired) electrons. The Bertz CT molecular complexity index is 3800. The second-order valence-electron chi connectivity index (χ2n) is 10.2. The fourth-order valence-corrected chi connectivity index (χ4v) is 6.10. The van der Waals surface area contributed by atoms with E-state index in [1.54, 1.807) is 24.3 Å². The van der Waals surface area contributed by atoms with Gasteiger partial charge in [0.2, 0.25) is 0 Å². The van der Waals surface area contributed by atoms with Crippen LogP contribution in [0, 0.1) is 0 Å². The van der Waals surface area contributed by atoms with Crippen LogP contribution in [0.4, 0.5) is 0 Å². The summed E-state index contributed by atoms with van der Waals surface area (Å²) in [5.74, 6) is 0. The van der Waals surface area contributed by atoms with Crippen molar-refractivity contribution in [3.05, 3.63) is 157 Å². The van der Waals surface area contributed by atoms with Crippen molar-refractivity contribution in [2.75, 3.05) is 0 Å². The maximum absolute atomic E-state index is 10.00. The summed E-state index contributed by atoms with van der Waals surface area (Å²) in [6.45, 7) is 0. The van der Waals surface area contributed by atoms with Crippen molar-refractivity contribution in [2.24, 2.45) is 0 Å². The van der Waals surface area contributed by atoms with Gasteiger partial charge >= 0.3 is 0 Å². The van der Waals surface area contributed by atoms with Crippen LogP contribution in [-0.4, -0.2) is 9.13 Å². The molecule has 3 aromatic heterocycles. The largest absolute Gasteiger partial charge is 0.456 e. The predicted molar refractivity (Wildman–Crippen MR) is 188 cm³/mol. The number of para-hydroxylation sites is 4. The van der Waals surface area contributed by atoms with Crippen molar-refractivity contribution >= 4 is 65.6 Å². The molecule has 3 heteroatoms. The number of rotatable bonds is 3. The van der Waals surface area contributed by atoms with Crippen LogP contribution in [0.5, 0.6) is 0 Å². The third kappa shape index (κ3) is 3.41. The number of fused-ring (bicyclic) bond motifs is 9. The fraction of sp³-hybridized carbons (Fsp3) is 0. The third-order valence-electron chi connectivity index (χ3n) is 7.91. The number of hydrogen-bond donors (Lipinski definition) is 0. The molecule has 0 aliphatic heterocycles. The van der Waals surface area contributed by atoms with Crippen molar-refractivity contribution in [3.63, 3.8) is 0 Å². The Morgan fingerprint density at radius 1 is 0.467 bits per heavy atom. The van der Waals surface area contributed by atoms with Crippen LogP contribution < -0.4 is 0 Å². The first kappa shape index (κ1) is 12.1. The van der Waals surface area contributed by atoms with Crippen LogP contribution in [0.15, 0.2) is 162 Å². The average Bonchev–Trinajstić information content (AvgIpc) is 3.97. The topological polar surface area (TPSA) is 23.0 Å². The zero-order valence-electron chi connectivity index (χ0n) is 42.8. The number of hydrogen-bond acceptors (Lipinski definition) is 1. The van der Waals surface area contributed by atoms with Crippen molar-refractivity contribution in [1.29, 1.82) is 0 Å². The molecule has 0 bridgehead atoms. The highest BCUT2D eigenvalue weighted by Crippen LogP contribution is 2.44. The normalized spacial score (nSPS) is 18.2. The molecule has 0 saturated heterocycles. The molecular formula is C42H26N2O. The molecular weight excluding hydrogens is 548 g/mol. The molecule has 0 fully saturated rings. The molecule has 0 aliphatic carbocycles. The molecule has 0 unspecified atom stereocenters. The maximum atomic E-state index is 10.00. The Hall–Kier alpha value is -6.06. The third-order valence-corrected chi connectivity index (χ3v) is 7.91. The molecule has 0 saturated carbocycles. The van der Waals surface area contributed by atoms with Gasteiger partial charge in [0.05, 0.1) is 60.6 Å². The van der Waals surface area contributed by atoms with Gasteiger partial charge in [0.15, 0.2) is 0 Å². The molecule has 0 N–H and O–H groups in total. The highest BCUT2D eigenvalue weighted by molar-refractivity contribution is 6.17. The SMILES string of the molecule is [2H]c1c([2H])c([2H])c(-c2ccc3oc4ccccc4c3c2-n2c3c([2H])c([2H])c([2H])c([2H])c3c3c([2H])c(-n4c5c([2H])c([2H])c([2H])c([2H])c5c5c([2H])c([2H])c([2H])c([2H])c54)c([2H])c([2H])c32)c([2H])c1[2H]. The smallest absolute Gasteiger partial charge is 0.137 e. The Balaban J connectivity index is 1.52. The van der Waals surface area contributed by atoms with E-state index in [9.17, 15) is 6.85 Å². The standard InChI is InChI=1S/C42H26N2O/c1-2-12-27(13-3-1)29-23-25-40-41(33-17-7-11-21-39(33)45-40)42(29)44-37-20-10-6-16-32(37)34-26-28(22-24-38(34)44)43-35-18-8-4-14-30(35)31-15-5-9-19-36(31)43/h1-26H/i1D,2D,3D,4D,5D,6D,8D,9D,10D,12D,13D,14D,15D,16D,18D,19D,20D,22D,24D,26D. The number of furan rings is 1. The van der Waals surface area contributed by atoms with Crippen LogP contribution in [0.25, 0.3) is 88.1 Å². The minimum Gasteiger partial charge on any atom is -0.456 e. The molecule has 0 amide bonds. The minimum atomic E-state index is -0.839. The first-order valence-corrected chi connectivity index (χ1v) is 13.7.